The van der Waals surface area contributed by atoms with Crippen molar-refractivity contribution < 1.29 is 9.53 Å². The predicted octanol–water partition coefficient (Wildman–Crippen LogP) is 1.17. The van der Waals surface area contributed by atoms with E-state index in [1.807, 2.05) is 6.92 Å². The molecule has 0 amide bonds. The Hall–Kier alpha value is -0.780. The van der Waals surface area contributed by atoms with Crippen molar-refractivity contribution in [2.45, 2.75) is 19.8 Å². The van der Waals surface area contributed by atoms with E-state index in [4.69, 9.17) is 10.5 Å². The molecule has 4 nitrogen and oxygen atoms in total. The number of nitrogens with zero attached hydrogens (tertiary/aromatic N) is 1. The Balaban J connectivity index is 2.69. The molecule has 84 valence electrons. The van der Waals surface area contributed by atoms with E-state index in [1.54, 1.807) is 7.11 Å². The maximum absolute atomic E-state index is 11.6. The Morgan fingerprint density at radius 1 is 1.60 bits per heavy atom. The lowest BCUT2D eigenvalue weighted by Gasteiger charge is -1.94. The van der Waals surface area contributed by atoms with Crippen LogP contribution in [0.25, 0.3) is 0 Å². The van der Waals surface area contributed by atoms with Gasteiger partial charge in [-0.15, -0.1) is 11.3 Å². The van der Waals surface area contributed by atoms with Crippen LogP contribution in [0.5, 0.6) is 0 Å². The number of nitrogens with two attached hydrogens (primary N) is 1. The summed E-state index contributed by atoms with van der Waals surface area (Å²) in [6.07, 6.45) is 1.19. The monoisotopic (exact) mass is 228 g/mol. The molecule has 0 aliphatic rings. The number of carbonyl (C=O) groups excluding carboxylic acids is 1. The first-order valence-electron chi connectivity index (χ1n) is 4.87. The molecule has 1 aromatic heterocycles. The number of aryl methyl sites for hydroxylation is 1. The number of rotatable bonds is 6. The van der Waals surface area contributed by atoms with Gasteiger partial charge >= 0.3 is 0 Å². The van der Waals surface area contributed by atoms with Crippen molar-refractivity contribution >= 4 is 17.1 Å². The van der Waals surface area contributed by atoms with Gasteiger partial charge in [-0.1, -0.05) is 0 Å². The lowest BCUT2D eigenvalue weighted by molar-refractivity contribution is 0.0931. The molecule has 1 heterocycles. The van der Waals surface area contributed by atoms with Gasteiger partial charge in [0.15, 0.2) is 10.8 Å². The van der Waals surface area contributed by atoms with Gasteiger partial charge in [-0.3, -0.25) is 4.79 Å². The van der Waals surface area contributed by atoms with Crippen LogP contribution in [0.3, 0.4) is 0 Å². The molecular formula is C10H16N2O2S. The fourth-order valence-electron chi connectivity index (χ4n) is 1.21. The van der Waals surface area contributed by atoms with Gasteiger partial charge in [-0.25, -0.2) is 4.98 Å². The Labute approximate surface area is 93.5 Å². The van der Waals surface area contributed by atoms with E-state index in [9.17, 15) is 4.79 Å². The third-order valence-electron chi connectivity index (χ3n) is 2.04. The summed E-state index contributed by atoms with van der Waals surface area (Å²) in [4.78, 5) is 17.0. The summed E-state index contributed by atoms with van der Waals surface area (Å²) >= 11 is 1.45. The van der Waals surface area contributed by atoms with E-state index in [0.717, 1.165) is 17.0 Å². The fraction of sp³-hybridized carbons (Fsp3) is 0.600. The van der Waals surface area contributed by atoms with E-state index in [0.29, 0.717) is 24.6 Å². The van der Waals surface area contributed by atoms with Gasteiger partial charge in [-0.2, -0.15) is 0 Å². The number of ketones is 1. The standard InChI is InChI=1S/C10H16N2O2S/c1-7-9(3-5-11)15-10(12-7)8(13)4-6-14-2/h3-6,11H2,1-2H3. The number of aromatic nitrogens is 1. The predicted molar refractivity (Wildman–Crippen MR) is 60.4 cm³/mol. The normalized spacial score (nSPS) is 10.6. The molecule has 0 atom stereocenters. The second-order valence-corrected chi connectivity index (χ2v) is 4.32. The number of Topliss-reactive ketones (excluding diaryl/α,β-unsaturated/α-hetero) is 1. The minimum Gasteiger partial charge on any atom is -0.384 e. The second-order valence-electron chi connectivity index (χ2n) is 3.23. The summed E-state index contributed by atoms with van der Waals surface area (Å²) in [5, 5.41) is 0.577. The molecule has 0 radical (unpaired) electrons. The van der Waals surface area contributed by atoms with E-state index >= 15 is 0 Å². The molecule has 0 bridgehead atoms. The van der Waals surface area contributed by atoms with Crippen LogP contribution in [0.4, 0.5) is 0 Å². The van der Waals surface area contributed by atoms with Crippen LogP contribution >= 0.6 is 11.3 Å². The van der Waals surface area contributed by atoms with Crippen molar-refractivity contribution in [2.75, 3.05) is 20.3 Å². The van der Waals surface area contributed by atoms with Gasteiger partial charge in [0.1, 0.15) is 0 Å². The molecule has 1 aromatic rings. The molecule has 15 heavy (non-hydrogen) atoms. The minimum absolute atomic E-state index is 0.0493. The Morgan fingerprint density at radius 2 is 2.33 bits per heavy atom. The maximum atomic E-state index is 11.6. The van der Waals surface area contributed by atoms with Gasteiger partial charge in [0.2, 0.25) is 0 Å². The van der Waals surface area contributed by atoms with Crippen LogP contribution < -0.4 is 5.73 Å². The van der Waals surface area contributed by atoms with Gasteiger partial charge in [-0.05, 0) is 19.9 Å². The first kappa shape index (κ1) is 12.3. The third-order valence-corrected chi connectivity index (χ3v) is 3.29. The summed E-state index contributed by atoms with van der Waals surface area (Å²) in [5.41, 5.74) is 6.39. The number of carbonyl (C=O) groups is 1. The van der Waals surface area contributed by atoms with E-state index in [-0.39, 0.29) is 5.78 Å². The Bertz CT molecular complexity index is 336. The molecule has 0 fully saturated rings. The van der Waals surface area contributed by atoms with Crippen molar-refractivity contribution in [3.8, 4) is 0 Å². The van der Waals surface area contributed by atoms with Crippen molar-refractivity contribution in [1.82, 2.24) is 4.98 Å². The van der Waals surface area contributed by atoms with Gasteiger partial charge in [0.05, 0.1) is 12.3 Å². The molecule has 0 aliphatic carbocycles. The highest BCUT2D eigenvalue weighted by molar-refractivity contribution is 7.13. The fourth-order valence-corrected chi connectivity index (χ4v) is 2.26. The van der Waals surface area contributed by atoms with Crippen molar-refractivity contribution in [1.29, 1.82) is 0 Å². The Kier molecular flexibility index (Phi) is 4.87. The van der Waals surface area contributed by atoms with Gasteiger partial charge in [0.25, 0.3) is 0 Å². The largest absolute Gasteiger partial charge is 0.384 e. The number of hydrogen-bond acceptors (Lipinski definition) is 5. The third kappa shape index (κ3) is 3.37. The van der Waals surface area contributed by atoms with Gasteiger partial charge < -0.3 is 10.5 Å². The maximum Gasteiger partial charge on any atom is 0.193 e. The molecular weight excluding hydrogens is 212 g/mol. The van der Waals surface area contributed by atoms with Crippen LogP contribution in [0.15, 0.2) is 0 Å². The number of hydrogen-bond donors (Lipinski definition) is 1. The second kappa shape index (κ2) is 5.95. The van der Waals surface area contributed by atoms with Crippen LogP contribution in [0, 0.1) is 6.92 Å². The zero-order valence-electron chi connectivity index (χ0n) is 9.08. The molecule has 0 spiro atoms. The highest BCUT2D eigenvalue weighted by atomic mass is 32.1. The van der Waals surface area contributed by atoms with E-state index in [1.165, 1.54) is 11.3 Å². The Morgan fingerprint density at radius 3 is 2.93 bits per heavy atom. The molecule has 5 heteroatoms. The molecule has 0 saturated carbocycles. The van der Waals surface area contributed by atoms with Crippen LogP contribution in [-0.4, -0.2) is 31.0 Å². The quantitative estimate of drug-likeness (QED) is 0.742. The van der Waals surface area contributed by atoms with Crippen LogP contribution in [0.2, 0.25) is 0 Å². The van der Waals surface area contributed by atoms with Gasteiger partial charge in [0, 0.05) is 18.4 Å². The zero-order valence-corrected chi connectivity index (χ0v) is 9.89. The minimum atomic E-state index is 0.0493. The lowest BCUT2D eigenvalue weighted by atomic mass is 10.3. The van der Waals surface area contributed by atoms with Crippen LogP contribution in [0.1, 0.15) is 26.8 Å². The summed E-state index contributed by atoms with van der Waals surface area (Å²) in [7, 11) is 1.58. The smallest absolute Gasteiger partial charge is 0.193 e. The topological polar surface area (TPSA) is 65.2 Å². The first-order chi connectivity index (χ1) is 7.19. The van der Waals surface area contributed by atoms with Crippen molar-refractivity contribution in [3.05, 3.63) is 15.6 Å². The first-order valence-corrected chi connectivity index (χ1v) is 5.69. The highest BCUT2D eigenvalue weighted by Gasteiger charge is 2.13. The number of thiazole rings is 1. The van der Waals surface area contributed by atoms with E-state index in [2.05, 4.69) is 4.98 Å². The molecule has 1 rings (SSSR count). The summed E-state index contributed by atoms with van der Waals surface area (Å²) in [5.74, 6) is 0.0493. The van der Waals surface area contributed by atoms with E-state index < -0.39 is 0 Å². The van der Waals surface area contributed by atoms with Crippen molar-refractivity contribution in [2.24, 2.45) is 5.73 Å². The molecule has 0 saturated heterocycles. The lowest BCUT2D eigenvalue weighted by Crippen LogP contribution is -2.02. The van der Waals surface area contributed by atoms with Crippen LogP contribution in [-0.2, 0) is 11.2 Å². The molecule has 0 aliphatic heterocycles. The number of ether oxygens (including phenoxy) is 1. The summed E-state index contributed by atoms with van der Waals surface area (Å²) in [6, 6.07) is 0. The van der Waals surface area contributed by atoms with Crippen molar-refractivity contribution in [3.63, 3.8) is 0 Å². The zero-order chi connectivity index (χ0) is 11.3. The average molecular weight is 228 g/mol. The molecule has 0 aromatic carbocycles. The highest BCUT2D eigenvalue weighted by Crippen LogP contribution is 2.19. The SMILES string of the molecule is COCCC(=O)c1nc(C)c(CCN)s1. The number of methoxy groups -OCH3 is 1. The average Bonchev–Trinajstić information content (AvgIpc) is 2.58. The molecule has 2 N–H and O–H groups in total. The summed E-state index contributed by atoms with van der Waals surface area (Å²) in [6.45, 7) is 2.95. The summed E-state index contributed by atoms with van der Waals surface area (Å²) < 4.78 is 4.85. The molecule has 0 unspecified atom stereocenters.